The summed E-state index contributed by atoms with van der Waals surface area (Å²) in [5.74, 6) is 0.0661. The van der Waals surface area contributed by atoms with Gasteiger partial charge in [-0.1, -0.05) is 45.0 Å². The average Bonchev–Trinajstić information content (AvgIpc) is 2.45. The van der Waals surface area contributed by atoms with Gasteiger partial charge in [0, 0.05) is 6.07 Å². The maximum Gasteiger partial charge on any atom is 0.270 e. The number of H-pyrrole nitrogens is 1. The molecule has 5 heteroatoms. The largest absolute Gasteiger partial charge is 0.344 e. The molecule has 0 aliphatic carbocycles. The average molecular weight is 313 g/mol. The van der Waals surface area contributed by atoms with Crippen molar-refractivity contribution in [2.75, 3.05) is 0 Å². The minimum Gasteiger partial charge on any atom is -0.344 e. The quantitative estimate of drug-likeness (QED) is 0.915. The zero-order valence-corrected chi connectivity index (χ0v) is 14.2. The maximum atomic E-state index is 12.2. The maximum absolute atomic E-state index is 12.2. The Bertz CT molecular complexity index is 755. The van der Waals surface area contributed by atoms with Crippen LogP contribution in [0.5, 0.6) is 0 Å². The number of carbonyl (C=O) groups is 1. The first-order chi connectivity index (χ1) is 10.7. The van der Waals surface area contributed by atoms with E-state index in [0.717, 1.165) is 5.56 Å². The van der Waals surface area contributed by atoms with E-state index in [1.54, 1.807) is 6.92 Å². The Hall–Kier alpha value is -2.43. The lowest BCUT2D eigenvalue weighted by Crippen LogP contribution is -2.29. The first-order valence-electron chi connectivity index (χ1n) is 7.66. The summed E-state index contributed by atoms with van der Waals surface area (Å²) in [6.45, 7) is 10.0. The van der Waals surface area contributed by atoms with E-state index in [-0.39, 0.29) is 28.6 Å². The van der Waals surface area contributed by atoms with Crippen molar-refractivity contribution in [2.24, 2.45) is 0 Å². The van der Waals surface area contributed by atoms with Crippen molar-refractivity contribution in [1.29, 1.82) is 0 Å². The Morgan fingerprint density at radius 3 is 2.35 bits per heavy atom. The van der Waals surface area contributed by atoms with Crippen molar-refractivity contribution in [3.05, 3.63) is 63.3 Å². The van der Waals surface area contributed by atoms with Gasteiger partial charge >= 0.3 is 0 Å². The fourth-order valence-electron chi connectivity index (χ4n) is 2.32. The number of rotatable bonds is 3. The van der Waals surface area contributed by atoms with E-state index < -0.39 is 0 Å². The van der Waals surface area contributed by atoms with E-state index in [0.29, 0.717) is 5.82 Å². The van der Waals surface area contributed by atoms with Crippen molar-refractivity contribution >= 4 is 5.91 Å². The van der Waals surface area contributed by atoms with Gasteiger partial charge in [-0.05, 0) is 30.4 Å². The molecule has 0 aliphatic rings. The van der Waals surface area contributed by atoms with Crippen LogP contribution in [0.15, 0.2) is 35.1 Å². The van der Waals surface area contributed by atoms with Gasteiger partial charge in [0.25, 0.3) is 11.5 Å². The van der Waals surface area contributed by atoms with Crippen LogP contribution >= 0.6 is 0 Å². The molecule has 23 heavy (non-hydrogen) atoms. The normalized spacial score (nSPS) is 12.7. The Morgan fingerprint density at radius 1 is 1.22 bits per heavy atom. The molecule has 1 amide bonds. The van der Waals surface area contributed by atoms with Crippen LogP contribution in [0.3, 0.4) is 0 Å². The summed E-state index contributed by atoms with van der Waals surface area (Å²) in [6, 6.07) is 9.22. The van der Waals surface area contributed by atoms with E-state index in [9.17, 15) is 9.59 Å². The minimum absolute atomic E-state index is 0.0948. The van der Waals surface area contributed by atoms with Crippen LogP contribution in [0.1, 0.15) is 61.2 Å². The summed E-state index contributed by atoms with van der Waals surface area (Å²) in [6.07, 6.45) is 0. The second-order valence-corrected chi connectivity index (χ2v) is 6.78. The Kier molecular flexibility index (Phi) is 4.68. The van der Waals surface area contributed by atoms with Crippen molar-refractivity contribution in [3.63, 3.8) is 0 Å². The molecule has 122 valence electrons. The molecular formula is C18H23N3O2. The second-order valence-electron chi connectivity index (χ2n) is 6.78. The van der Waals surface area contributed by atoms with Crippen LogP contribution in [0.4, 0.5) is 0 Å². The number of amides is 1. The van der Waals surface area contributed by atoms with Crippen LogP contribution in [-0.2, 0) is 5.41 Å². The molecule has 0 aliphatic heterocycles. The third-order valence-electron chi connectivity index (χ3n) is 3.72. The molecule has 2 aromatic rings. The standard InChI is InChI=1S/C18H23N3O2/c1-11(13-6-8-14(9-7-13)18(3,4)5)19-17(23)15-10-16(22)21-12(2)20-15/h6-11H,1-5H3,(H,19,23)(H,20,21,22). The number of nitrogens with zero attached hydrogens (tertiary/aromatic N) is 1. The Labute approximate surface area is 136 Å². The summed E-state index contributed by atoms with van der Waals surface area (Å²) >= 11 is 0. The smallest absolute Gasteiger partial charge is 0.270 e. The molecule has 1 aromatic carbocycles. The molecule has 0 saturated heterocycles. The lowest BCUT2D eigenvalue weighted by molar-refractivity contribution is 0.0934. The summed E-state index contributed by atoms with van der Waals surface area (Å²) < 4.78 is 0. The lowest BCUT2D eigenvalue weighted by Gasteiger charge is -2.20. The number of carbonyl (C=O) groups excluding carboxylic acids is 1. The van der Waals surface area contributed by atoms with Crippen LogP contribution in [0, 0.1) is 6.92 Å². The van der Waals surface area contributed by atoms with Crippen LogP contribution in [-0.4, -0.2) is 15.9 Å². The fraction of sp³-hybridized carbons (Fsp3) is 0.389. The lowest BCUT2D eigenvalue weighted by atomic mass is 9.86. The van der Waals surface area contributed by atoms with Gasteiger partial charge in [0.15, 0.2) is 0 Å². The second kappa shape index (κ2) is 6.36. The van der Waals surface area contributed by atoms with Gasteiger partial charge in [-0.25, -0.2) is 4.98 Å². The van der Waals surface area contributed by atoms with E-state index in [1.165, 1.54) is 11.6 Å². The molecule has 5 nitrogen and oxygen atoms in total. The number of benzene rings is 1. The van der Waals surface area contributed by atoms with Gasteiger partial charge in [-0.3, -0.25) is 9.59 Å². The zero-order chi connectivity index (χ0) is 17.2. The zero-order valence-electron chi connectivity index (χ0n) is 14.2. The molecule has 0 radical (unpaired) electrons. The summed E-state index contributed by atoms with van der Waals surface area (Å²) in [7, 11) is 0. The number of aryl methyl sites for hydroxylation is 1. The number of aromatic amines is 1. The highest BCUT2D eigenvalue weighted by Gasteiger charge is 2.16. The van der Waals surface area contributed by atoms with E-state index in [2.05, 4.69) is 48.2 Å². The predicted molar refractivity (Wildman–Crippen MR) is 90.6 cm³/mol. The van der Waals surface area contributed by atoms with E-state index >= 15 is 0 Å². The summed E-state index contributed by atoms with van der Waals surface area (Å²) in [5, 5.41) is 2.87. The molecule has 2 rings (SSSR count). The van der Waals surface area contributed by atoms with Crippen LogP contribution in [0.25, 0.3) is 0 Å². The molecule has 1 unspecified atom stereocenters. The van der Waals surface area contributed by atoms with Gasteiger partial charge < -0.3 is 10.3 Å². The highest BCUT2D eigenvalue weighted by molar-refractivity contribution is 5.92. The predicted octanol–water partition coefficient (Wildman–Crippen LogP) is 2.87. The van der Waals surface area contributed by atoms with E-state index in [1.807, 2.05) is 19.1 Å². The van der Waals surface area contributed by atoms with E-state index in [4.69, 9.17) is 0 Å². The number of nitrogens with one attached hydrogen (secondary N) is 2. The van der Waals surface area contributed by atoms with Crippen molar-refractivity contribution in [2.45, 2.75) is 46.1 Å². The molecule has 0 fully saturated rings. The van der Waals surface area contributed by atoms with Gasteiger partial charge in [0.2, 0.25) is 0 Å². The fourth-order valence-corrected chi connectivity index (χ4v) is 2.32. The minimum atomic E-state index is -0.355. The topological polar surface area (TPSA) is 74.8 Å². The van der Waals surface area contributed by atoms with Gasteiger partial charge in [0.1, 0.15) is 11.5 Å². The molecule has 0 spiro atoms. The molecule has 2 N–H and O–H groups in total. The molecular weight excluding hydrogens is 290 g/mol. The van der Waals surface area contributed by atoms with Gasteiger partial charge in [-0.2, -0.15) is 0 Å². The molecule has 1 heterocycles. The number of hydrogen-bond donors (Lipinski definition) is 2. The van der Waals surface area contributed by atoms with Gasteiger partial charge in [0.05, 0.1) is 6.04 Å². The monoisotopic (exact) mass is 313 g/mol. The molecule has 1 atom stereocenters. The van der Waals surface area contributed by atoms with Crippen molar-refractivity contribution in [3.8, 4) is 0 Å². The Morgan fingerprint density at radius 2 is 1.83 bits per heavy atom. The third kappa shape index (κ3) is 4.28. The van der Waals surface area contributed by atoms with Crippen LogP contribution < -0.4 is 10.9 Å². The molecule has 0 saturated carbocycles. The number of hydrogen-bond acceptors (Lipinski definition) is 3. The summed E-state index contributed by atoms with van der Waals surface area (Å²) in [4.78, 5) is 30.2. The first-order valence-corrected chi connectivity index (χ1v) is 7.66. The highest BCUT2D eigenvalue weighted by atomic mass is 16.2. The third-order valence-corrected chi connectivity index (χ3v) is 3.72. The highest BCUT2D eigenvalue weighted by Crippen LogP contribution is 2.23. The SMILES string of the molecule is Cc1nc(C(=O)NC(C)c2ccc(C(C)(C)C)cc2)cc(=O)[nH]1. The first kappa shape index (κ1) is 16.9. The number of aromatic nitrogens is 2. The van der Waals surface area contributed by atoms with Crippen molar-refractivity contribution < 1.29 is 4.79 Å². The van der Waals surface area contributed by atoms with Crippen LogP contribution in [0.2, 0.25) is 0 Å². The summed E-state index contributed by atoms with van der Waals surface area (Å²) in [5.41, 5.74) is 2.14. The Balaban J connectivity index is 2.13. The van der Waals surface area contributed by atoms with Gasteiger partial charge in [-0.15, -0.1) is 0 Å². The van der Waals surface area contributed by atoms with Crippen molar-refractivity contribution in [1.82, 2.24) is 15.3 Å². The molecule has 0 bridgehead atoms. The molecule has 1 aromatic heterocycles.